The molecule has 1 N–H and O–H groups in total. The fourth-order valence-corrected chi connectivity index (χ4v) is 4.85. The Morgan fingerprint density at radius 2 is 1.78 bits per heavy atom. The van der Waals surface area contributed by atoms with Crippen LogP contribution in [0, 0.1) is 5.92 Å². The molecule has 0 bridgehead atoms. The van der Waals surface area contributed by atoms with E-state index in [4.69, 9.17) is 9.72 Å². The zero-order valence-electron chi connectivity index (χ0n) is 16.2. The number of rotatable bonds is 6. The summed E-state index contributed by atoms with van der Waals surface area (Å²) in [5.74, 6) is 1.78. The maximum Gasteiger partial charge on any atom is 0.123 e. The van der Waals surface area contributed by atoms with Gasteiger partial charge in [0.25, 0.3) is 0 Å². The molecule has 1 aromatic carbocycles. The lowest BCUT2D eigenvalue weighted by Gasteiger charge is -2.37. The Kier molecular flexibility index (Phi) is 6.39. The molecule has 2 aromatic rings. The summed E-state index contributed by atoms with van der Waals surface area (Å²) in [5, 5.41) is 6.77. The molecule has 1 aromatic heterocycles. The van der Waals surface area contributed by atoms with E-state index in [1.54, 1.807) is 18.4 Å². The third kappa shape index (κ3) is 5.08. The van der Waals surface area contributed by atoms with Crippen LogP contribution < -0.4 is 10.1 Å². The van der Waals surface area contributed by atoms with Gasteiger partial charge in [-0.1, -0.05) is 0 Å². The van der Waals surface area contributed by atoms with Crippen molar-refractivity contribution in [3.05, 3.63) is 35.3 Å². The molecule has 0 unspecified atom stereocenters. The molecule has 0 amide bonds. The number of methoxy groups -OCH3 is 1. The molecule has 2 fully saturated rings. The van der Waals surface area contributed by atoms with Gasteiger partial charge in [0.05, 0.1) is 12.8 Å². The van der Waals surface area contributed by atoms with Gasteiger partial charge in [0.1, 0.15) is 10.8 Å². The summed E-state index contributed by atoms with van der Waals surface area (Å²) in [4.78, 5) is 10.1. The molecule has 3 heterocycles. The first-order valence-corrected chi connectivity index (χ1v) is 10.9. The molecule has 2 aliphatic heterocycles. The lowest BCUT2D eigenvalue weighted by molar-refractivity contribution is 0.106. The first-order chi connectivity index (χ1) is 13.3. The Hall–Kier alpha value is -1.47. The topological polar surface area (TPSA) is 40.6 Å². The second kappa shape index (κ2) is 9.15. The predicted molar refractivity (Wildman–Crippen MR) is 111 cm³/mol. The van der Waals surface area contributed by atoms with Gasteiger partial charge in [-0.2, -0.15) is 0 Å². The minimum absolute atomic E-state index is 0.887. The number of piperidine rings is 1. The highest BCUT2D eigenvalue weighted by Gasteiger charge is 2.22. The molecule has 4 rings (SSSR count). The van der Waals surface area contributed by atoms with Crippen molar-refractivity contribution in [2.45, 2.75) is 19.4 Å². The second-order valence-electron chi connectivity index (χ2n) is 7.64. The summed E-state index contributed by atoms with van der Waals surface area (Å²) in [6.07, 6.45) is 2.68. The van der Waals surface area contributed by atoms with Crippen LogP contribution in [0.4, 0.5) is 0 Å². The molecule has 0 spiro atoms. The van der Waals surface area contributed by atoms with Crippen LogP contribution in [-0.4, -0.2) is 67.7 Å². The molecule has 0 atom stereocenters. The van der Waals surface area contributed by atoms with Gasteiger partial charge in [-0.15, -0.1) is 11.3 Å². The fraction of sp³-hybridized carbons (Fsp3) is 0.571. The summed E-state index contributed by atoms with van der Waals surface area (Å²) in [7, 11) is 1.70. The number of ether oxygens (including phenoxy) is 1. The highest BCUT2D eigenvalue weighted by molar-refractivity contribution is 7.13. The molecule has 6 heteroatoms. The summed E-state index contributed by atoms with van der Waals surface area (Å²) in [5.41, 5.74) is 2.36. The highest BCUT2D eigenvalue weighted by Crippen LogP contribution is 2.26. The van der Waals surface area contributed by atoms with E-state index in [2.05, 4.69) is 32.6 Å². The zero-order chi connectivity index (χ0) is 18.5. The van der Waals surface area contributed by atoms with E-state index in [1.807, 2.05) is 12.1 Å². The van der Waals surface area contributed by atoms with Crippen molar-refractivity contribution in [3.8, 4) is 16.3 Å². The zero-order valence-corrected chi connectivity index (χ0v) is 17.0. The number of hydrogen-bond acceptors (Lipinski definition) is 6. The van der Waals surface area contributed by atoms with Crippen molar-refractivity contribution >= 4 is 11.3 Å². The molecular formula is C21H30N4OS. The summed E-state index contributed by atoms with van der Waals surface area (Å²) in [6.45, 7) is 9.34. The van der Waals surface area contributed by atoms with Crippen LogP contribution >= 0.6 is 11.3 Å². The lowest BCUT2D eigenvalue weighted by atomic mass is 9.97. The smallest absolute Gasteiger partial charge is 0.123 e. The minimum atomic E-state index is 0.887. The van der Waals surface area contributed by atoms with Crippen molar-refractivity contribution in [2.24, 2.45) is 5.92 Å². The second-order valence-corrected chi connectivity index (χ2v) is 8.50. The number of hydrogen-bond donors (Lipinski definition) is 1. The van der Waals surface area contributed by atoms with Crippen LogP contribution in [0.25, 0.3) is 10.6 Å². The van der Waals surface area contributed by atoms with E-state index in [-0.39, 0.29) is 0 Å². The fourth-order valence-electron chi connectivity index (χ4n) is 4.03. The first kappa shape index (κ1) is 18.9. The van der Waals surface area contributed by atoms with Gasteiger partial charge in [-0.25, -0.2) is 4.98 Å². The molecule has 0 aliphatic carbocycles. The highest BCUT2D eigenvalue weighted by atomic mass is 32.1. The van der Waals surface area contributed by atoms with Crippen molar-refractivity contribution in [3.63, 3.8) is 0 Å². The van der Waals surface area contributed by atoms with Gasteiger partial charge in [-0.3, -0.25) is 4.90 Å². The van der Waals surface area contributed by atoms with E-state index >= 15 is 0 Å². The van der Waals surface area contributed by atoms with Crippen LogP contribution in [0.15, 0.2) is 29.6 Å². The number of thiazole rings is 1. The predicted octanol–water partition coefficient (Wildman–Crippen LogP) is 2.94. The van der Waals surface area contributed by atoms with Gasteiger partial charge in [0.2, 0.25) is 0 Å². The average Bonchev–Trinajstić information content (AvgIpc) is 3.19. The van der Waals surface area contributed by atoms with E-state index in [9.17, 15) is 0 Å². The van der Waals surface area contributed by atoms with Gasteiger partial charge in [0.15, 0.2) is 0 Å². The molecule has 2 saturated heterocycles. The van der Waals surface area contributed by atoms with E-state index in [0.717, 1.165) is 36.3 Å². The lowest BCUT2D eigenvalue weighted by Crippen LogP contribution is -2.48. The number of aromatic nitrogens is 1. The molecule has 0 radical (unpaired) electrons. The Bertz CT molecular complexity index is 703. The van der Waals surface area contributed by atoms with Crippen LogP contribution in [0.1, 0.15) is 18.5 Å². The SMILES string of the molecule is COc1ccc(-c2nc(CN3CCN(CC4CCNCC4)CC3)cs2)cc1. The number of nitrogens with one attached hydrogen (secondary N) is 1. The number of piperazine rings is 1. The largest absolute Gasteiger partial charge is 0.497 e. The molecule has 0 saturated carbocycles. The van der Waals surface area contributed by atoms with Crippen molar-refractivity contribution in [2.75, 3.05) is 52.9 Å². The van der Waals surface area contributed by atoms with Crippen LogP contribution in [0.2, 0.25) is 0 Å². The standard InChI is InChI=1S/C21H30N4OS/c1-26-20-4-2-18(3-5-20)21-23-19(16-27-21)15-25-12-10-24(11-13-25)14-17-6-8-22-9-7-17/h2-5,16-17,22H,6-15H2,1H3. The van der Waals surface area contributed by atoms with E-state index in [1.165, 1.54) is 56.8 Å². The minimum Gasteiger partial charge on any atom is -0.497 e. The molecule has 27 heavy (non-hydrogen) atoms. The number of benzene rings is 1. The molecule has 5 nitrogen and oxygen atoms in total. The summed E-state index contributed by atoms with van der Waals surface area (Å²) in [6, 6.07) is 8.16. The van der Waals surface area contributed by atoms with Gasteiger partial charge in [-0.05, 0) is 56.1 Å². The van der Waals surface area contributed by atoms with E-state index < -0.39 is 0 Å². The normalized spacial score (nSPS) is 20.0. The summed E-state index contributed by atoms with van der Waals surface area (Å²) < 4.78 is 5.24. The van der Waals surface area contributed by atoms with Crippen molar-refractivity contribution < 1.29 is 4.74 Å². The van der Waals surface area contributed by atoms with Gasteiger partial charge < -0.3 is 15.0 Å². The van der Waals surface area contributed by atoms with Crippen LogP contribution in [-0.2, 0) is 6.54 Å². The Morgan fingerprint density at radius 3 is 2.48 bits per heavy atom. The maximum absolute atomic E-state index is 5.24. The average molecular weight is 387 g/mol. The monoisotopic (exact) mass is 386 g/mol. The Balaban J connectivity index is 1.26. The van der Waals surface area contributed by atoms with E-state index in [0.29, 0.717) is 0 Å². The van der Waals surface area contributed by atoms with Crippen LogP contribution in [0.3, 0.4) is 0 Å². The third-order valence-corrected chi connectivity index (χ3v) is 6.65. The summed E-state index contributed by atoms with van der Waals surface area (Å²) >= 11 is 1.73. The first-order valence-electron chi connectivity index (χ1n) is 10.0. The van der Waals surface area contributed by atoms with Gasteiger partial charge >= 0.3 is 0 Å². The van der Waals surface area contributed by atoms with Crippen molar-refractivity contribution in [1.82, 2.24) is 20.1 Å². The Morgan fingerprint density at radius 1 is 1.07 bits per heavy atom. The Labute approximate surface area is 166 Å². The molecule has 146 valence electrons. The quantitative estimate of drug-likeness (QED) is 0.827. The third-order valence-electron chi connectivity index (χ3n) is 5.71. The molecule has 2 aliphatic rings. The molecular weight excluding hydrogens is 356 g/mol. The maximum atomic E-state index is 5.24. The van der Waals surface area contributed by atoms with Gasteiger partial charge in [0, 0.05) is 50.2 Å². The van der Waals surface area contributed by atoms with Crippen LogP contribution in [0.5, 0.6) is 5.75 Å². The van der Waals surface area contributed by atoms with Crippen molar-refractivity contribution in [1.29, 1.82) is 0 Å². The number of nitrogens with zero attached hydrogens (tertiary/aromatic N) is 3.